The summed E-state index contributed by atoms with van der Waals surface area (Å²) in [7, 11) is -3.66. The fraction of sp³-hybridized carbons (Fsp3) is 0.588. The van der Waals surface area contributed by atoms with Crippen LogP contribution in [0.2, 0.25) is 0 Å². The smallest absolute Gasteiger partial charge is 0.240 e. The van der Waals surface area contributed by atoms with Crippen LogP contribution in [-0.4, -0.2) is 20.4 Å². The average molecular weight is 336 g/mol. The van der Waals surface area contributed by atoms with Crippen molar-refractivity contribution in [3.63, 3.8) is 0 Å². The van der Waals surface area contributed by atoms with Gasteiger partial charge in [0.15, 0.2) is 0 Å². The van der Waals surface area contributed by atoms with Gasteiger partial charge in [-0.2, -0.15) is 0 Å². The Labute approximate surface area is 137 Å². The third-order valence-corrected chi connectivity index (χ3v) is 7.41. The zero-order valence-corrected chi connectivity index (χ0v) is 14.6. The van der Waals surface area contributed by atoms with Crippen molar-refractivity contribution in [3.8, 4) is 0 Å². The quantitative estimate of drug-likeness (QED) is 0.879. The first-order valence-electron chi connectivity index (χ1n) is 8.01. The lowest BCUT2D eigenvalue weighted by Crippen LogP contribution is -2.65. The topological polar surface area (TPSA) is 89.3 Å². The highest BCUT2D eigenvalue weighted by atomic mass is 32.2. The molecule has 0 unspecified atom stereocenters. The van der Waals surface area contributed by atoms with Crippen LogP contribution in [0.3, 0.4) is 0 Å². The summed E-state index contributed by atoms with van der Waals surface area (Å²) in [6.45, 7) is 6.21. The molecule has 6 heteroatoms. The van der Waals surface area contributed by atoms with Crippen LogP contribution in [0.25, 0.3) is 0 Å². The molecule has 1 aromatic carbocycles. The third kappa shape index (κ3) is 2.68. The van der Waals surface area contributed by atoms with Crippen LogP contribution < -0.4 is 10.5 Å². The second kappa shape index (κ2) is 5.31. The monoisotopic (exact) mass is 336 g/mol. The van der Waals surface area contributed by atoms with Crippen molar-refractivity contribution in [1.29, 1.82) is 0 Å². The summed E-state index contributed by atoms with van der Waals surface area (Å²) >= 11 is 0. The highest BCUT2D eigenvalue weighted by Gasteiger charge is 2.59. The van der Waals surface area contributed by atoms with E-state index in [1.54, 1.807) is 24.3 Å². The number of sulfonamides is 1. The van der Waals surface area contributed by atoms with Gasteiger partial charge in [-0.3, -0.25) is 4.79 Å². The molecular formula is C17H24N2O3S. The minimum Gasteiger partial charge on any atom is -0.369 e. The highest BCUT2D eigenvalue weighted by Crippen LogP contribution is 2.60. The molecule has 23 heavy (non-hydrogen) atoms. The maximum absolute atomic E-state index is 12.7. The van der Waals surface area contributed by atoms with Gasteiger partial charge in [0, 0.05) is 6.04 Å². The predicted octanol–water partition coefficient (Wildman–Crippen LogP) is 1.81. The molecule has 0 aliphatic heterocycles. The van der Waals surface area contributed by atoms with Crippen molar-refractivity contribution in [2.45, 2.75) is 44.6 Å². The fourth-order valence-electron chi connectivity index (χ4n) is 4.22. The van der Waals surface area contributed by atoms with Crippen LogP contribution >= 0.6 is 0 Å². The Morgan fingerprint density at radius 1 is 1.22 bits per heavy atom. The number of fused-ring (bicyclic) bond motifs is 2. The van der Waals surface area contributed by atoms with Crippen molar-refractivity contribution in [1.82, 2.24) is 4.72 Å². The van der Waals surface area contributed by atoms with Gasteiger partial charge in [0.1, 0.15) is 0 Å². The van der Waals surface area contributed by atoms with Crippen molar-refractivity contribution >= 4 is 15.9 Å². The van der Waals surface area contributed by atoms with E-state index in [1.807, 2.05) is 6.92 Å². The first-order chi connectivity index (χ1) is 10.6. The van der Waals surface area contributed by atoms with E-state index in [2.05, 4.69) is 18.6 Å². The molecule has 126 valence electrons. The molecule has 4 rings (SSSR count). The molecule has 3 fully saturated rings. The van der Waals surface area contributed by atoms with Crippen molar-refractivity contribution in [2.24, 2.45) is 28.9 Å². The lowest BCUT2D eigenvalue weighted by Gasteiger charge is -2.61. The van der Waals surface area contributed by atoms with Crippen LogP contribution in [-0.2, 0) is 14.8 Å². The van der Waals surface area contributed by atoms with Crippen LogP contribution in [0.1, 0.15) is 32.3 Å². The fourth-order valence-corrected chi connectivity index (χ4v) is 5.54. The molecule has 5 nitrogen and oxygen atoms in total. The Bertz CT molecular complexity index is 725. The Morgan fingerprint density at radius 3 is 2.35 bits per heavy atom. The molecule has 0 spiro atoms. The van der Waals surface area contributed by atoms with Crippen LogP contribution in [0.15, 0.2) is 29.2 Å². The molecule has 3 aliphatic rings. The Balaban J connectivity index is 1.89. The number of hydrogen-bond donors (Lipinski definition) is 2. The first kappa shape index (κ1) is 16.5. The summed E-state index contributed by atoms with van der Waals surface area (Å²) < 4.78 is 28.2. The molecule has 0 radical (unpaired) electrons. The Kier molecular flexibility index (Phi) is 3.80. The van der Waals surface area contributed by atoms with Gasteiger partial charge in [-0.15, -0.1) is 0 Å². The molecule has 3 N–H and O–H groups in total. The number of hydrogen-bond acceptors (Lipinski definition) is 3. The number of nitrogens with two attached hydrogens (primary N) is 1. The number of amides is 1. The van der Waals surface area contributed by atoms with E-state index in [-0.39, 0.29) is 16.2 Å². The summed E-state index contributed by atoms with van der Waals surface area (Å²) in [5.41, 5.74) is 6.58. The van der Waals surface area contributed by atoms with Gasteiger partial charge >= 0.3 is 0 Å². The molecule has 3 aliphatic carbocycles. The summed E-state index contributed by atoms with van der Waals surface area (Å²) in [5.74, 6) is -0.233. The Morgan fingerprint density at radius 2 is 1.83 bits per heavy atom. The molecule has 4 atom stereocenters. The third-order valence-electron chi connectivity index (χ3n) is 5.94. The highest BCUT2D eigenvalue weighted by molar-refractivity contribution is 7.89. The lowest BCUT2D eigenvalue weighted by atomic mass is 9.45. The maximum Gasteiger partial charge on any atom is 0.240 e. The second-order valence-electron chi connectivity index (χ2n) is 7.57. The molecule has 1 aromatic rings. The summed E-state index contributed by atoms with van der Waals surface area (Å²) in [4.78, 5) is 12.0. The van der Waals surface area contributed by atoms with Gasteiger partial charge in [-0.1, -0.05) is 31.5 Å². The molecular weight excluding hydrogens is 312 g/mol. The molecule has 0 heterocycles. The summed E-state index contributed by atoms with van der Waals surface area (Å²) in [6, 6.07) is 6.30. The zero-order valence-electron chi connectivity index (χ0n) is 13.7. The van der Waals surface area contributed by atoms with Gasteiger partial charge in [0.2, 0.25) is 15.9 Å². The summed E-state index contributed by atoms with van der Waals surface area (Å²) in [6.07, 6.45) is 1.62. The number of nitrogens with one attached hydrogen (secondary N) is 1. The Hall–Kier alpha value is -1.40. The van der Waals surface area contributed by atoms with E-state index >= 15 is 0 Å². The lowest BCUT2D eigenvalue weighted by molar-refractivity contribution is -0.142. The number of rotatable bonds is 4. The second-order valence-corrected chi connectivity index (χ2v) is 9.28. The zero-order chi connectivity index (χ0) is 17.0. The first-order valence-corrected chi connectivity index (χ1v) is 9.49. The molecule has 3 saturated carbocycles. The van der Waals surface area contributed by atoms with E-state index in [9.17, 15) is 13.2 Å². The van der Waals surface area contributed by atoms with E-state index in [0.717, 1.165) is 12.0 Å². The predicted molar refractivity (Wildman–Crippen MR) is 88.0 cm³/mol. The SMILES string of the molecule is Cc1ccc(S(=O)(=O)N[C@H]2[C@@H](C(N)=O)C[C@H]3C[C@@H]2C3(C)C)cc1. The normalized spacial score (nSPS) is 32.1. The summed E-state index contributed by atoms with van der Waals surface area (Å²) in [5, 5.41) is 0. The van der Waals surface area contributed by atoms with Crippen LogP contribution in [0, 0.1) is 30.1 Å². The number of primary amides is 1. The maximum atomic E-state index is 12.7. The van der Waals surface area contributed by atoms with Crippen molar-refractivity contribution < 1.29 is 13.2 Å². The van der Waals surface area contributed by atoms with Gasteiger partial charge in [-0.05, 0) is 49.1 Å². The van der Waals surface area contributed by atoms with E-state index in [4.69, 9.17) is 5.73 Å². The molecule has 2 bridgehead atoms. The van der Waals surface area contributed by atoms with Crippen LogP contribution in [0.4, 0.5) is 0 Å². The van der Waals surface area contributed by atoms with Gasteiger partial charge in [0.05, 0.1) is 10.8 Å². The largest absolute Gasteiger partial charge is 0.369 e. The molecule has 0 aromatic heterocycles. The minimum absolute atomic E-state index is 0.0480. The van der Waals surface area contributed by atoms with Gasteiger partial charge < -0.3 is 5.73 Å². The van der Waals surface area contributed by atoms with E-state index in [0.29, 0.717) is 12.3 Å². The van der Waals surface area contributed by atoms with Gasteiger partial charge in [0.25, 0.3) is 0 Å². The van der Waals surface area contributed by atoms with E-state index in [1.165, 1.54) is 0 Å². The van der Waals surface area contributed by atoms with Gasteiger partial charge in [-0.25, -0.2) is 13.1 Å². The number of carbonyl (C=O) groups is 1. The van der Waals surface area contributed by atoms with Crippen molar-refractivity contribution in [2.75, 3.05) is 0 Å². The van der Waals surface area contributed by atoms with E-state index < -0.39 is 27.9 Å². The number of benzene rings is 1. The molecule has 0 saturated heterocycles. The number of aryl methyl sites for hydroxylation is 1. The van der Waals surface area contributed by atoms with Crippen molar-refractivity contribution in [3.05, 3.63) is 29.8 Å². The number of carbonyl (C=O) groups excluding carboxylic acids is 1. The molecule has 1 amide bonds. The standard InChI is InChI=1S/C17H24N2O3S/c1-10-4-6-12(7-5-10)23(21,22)19-15-13(16(18)20)8-11-9-14(15)17(11,2)3/h4-7,11,13-15,19H,8-9H2,1-3H3,(H2,18,20)/t11-,13-,14-,15-/m0/s1. The van der Waals surface area contributed by atoms with Crippen LogP contribution in [0.5, 0.6) is 0 Å². The minimum atomic E-state index is -3.66. The average Bonchev–Trinajstić information content (AvgIpc) is 2.46.